The first kappa shape index (κ1) is 18.9. The fourth-order valence-electron chi connectivity index (χ4n) is 4.17. The van der Waals surface area contributed by atoms with Gasteiger partial charge in [0.05, 0.1) is 23.0 Å². The van der Waals surface area contributed by atoms with Gasteiger partial charge < -0.3 is 4.74 Å². The molecule has 1 aromatic carbocycles. The van der Waals surface area contributed by atoms with Gasteiger partial charge in [0.25, 0.3) is 0 Å². The second kappa shape index (κ2) is 7.30. The molecule has 2 atom stereocenters. The summed E-state index contributed by atoms with van der Waals surface area (Å²) in [5, 5.41) is 0. The van der Waals surface area contributed by atoms with E-state index in [9.17, 15) is 12.8 Å². The first-order valence-electron chi connectivity index (χ1n) is 9.97. The number of benzene rings is 1. The number of halogens is 1. The molecule has 9 heteroatoms. The zero-order valence-corrected chi connectivity index (χ0v) is 16.8. The Bertz CT molecular complexity index is 980. The first-order valence-corrected chi connectivity index (χ1v) is 11.4. The molecule has 2 aromatic rings. The Morgan fingerprint density at radius 3 is 2.52 bits per heavy atom. The van der Waals surface area contributed by atoms with Crippen LogP contribution in [0.25, 0.3) is 0 Å². The summed E-state index contributed by atoms with van der Waals surface area (Å²) in [6, 6.07) is 5.10. The lowest BCUT2D eigenvalue weighted by atomic mass is 10.2. The number of hydrogen-bond donors (Lipinski definition) is 0. The highest BCUT2D eigenvalue weighted by atomic mass is 32.2. The Kier molecular flexibility index (Phi) is 4.76. The molecule has 5 rings (SSSR count). The smallest absolute Gasteiger partial charge is 0.243 e. The van der Waals surface area contributed by atoms with Gasteiger partial charge in [-0.2, -0.15) is 4.31 Å². The second-order valence-electron chi connectivity index (χ2n) is 8.00. The van der Waals surface area contributed by atoms with Gasteiger partial charge in [0, 0.05) is 44.6 Å². The molecule has 2 saturated heterocycles. The average Bonchev–Trinajstić information content (AvgIpc) is 3.48. The van der Waals surface area contributed by atoms with Crippen LogP contribution in [0.15, 0.2) is 41.6 Å². The molecule has 0 unspecified atom stereocenters. The van der Waals surface area contributed by atoms with Gasteiger partial charge in [-0.25, -0.2) is 17.8 Å². The standard InChI is InChI=1S/C20H23FN4O3S/c21-15-3-5-18(6-4-15)29(26,27)25-8-7-24-13-17(9-16(24)12-25)28-20-11-22-19(10-23-20)14-1-2-14/h3-6,10-11,14,16-17H,1-2,7-9,12-13H2/t16-,17-/m0/s1. The van der Waals surface area contributed by atoms with E-state index in [4.69, 9.17) is 4.74 Å². The Hall–Kier alpha value is -2.10. The molecule has 0 radical (unpaired) electrons. The van der Waals surface area contributed by atoms with Crippen molar-refractivity contribution < 1.29 is 17.5 Å². The van der Waals surface area contributed by atoms with Gasteiger partial charge in [0.15, 0.2) is 0 Å². The molecule has 3 aliphatic rings. The van der Waals surface area contributed by atoms with E-state index in [1.54, 1.807) is 12.4 Å². The summed E-state index contributed by atoms with van der Waals surface area (Å²) in [7, 11) is -3.62. The van der Waals surface area contributed by atoms with Gasteiger partial charge in [-0.05, 0) is 37.1 Å². The van der Waals surface area contributed by atoms with Crippen LogP contribution in [0.3, 0.4) is 0 Å². The zero-order valence-electron chi connectivity index (χ0n) is 15.9. The highest BCUT2D eigenvalue weighted by molar-refractivity contribution is 7.89. The van der Waals surface area contributed by atoms with E-state index in [1.807, 2.05) is 0 Å². The number of piperazine rings is 1. The van der Waals surface area contributed by atoms with E-state index < -0.39 is 15.8 Å². The van der Waals surface area contributed by atoms with Gasteiger partial charge in [-0.3, -0.25) is 9.88 Å². The third-order valence-corrected chi connectivity index (χ3v) is 7.80. The molecule has 1 aromatic heterocycles. The SMILES string of the molecule is O=S(=O)(c1ccc(F)cc1)N1CCN2C[C@@H](Oc3cnc(C4CC4)cn3)C[C@H]2C1. The van der Waals surface area contributed by atoms with Crippen LogP contribution < -0.4 is 4.74 Å². The minimum Gasteiger partial charge on any atom is -0.472 e. The van der Waals surface area contributed by atoms with Crippen LogP contribution in [0.2, 0.25) is 0 Å². The van der Waals surface area contributed by atoms with Crippen molar-refractivity contribution in [2.45, 2.75) is 42.2 Å². The van der Waals surface area contributed by atoms with Crippen LogP contribution in [0.4, 0.5) is 4.39 Å². The lowest BCUT2D eigenvalue weighted by Crippen LogP contribution is -2.51. The lowest BCUT2D eigenvalue weighted by Gasteiger charge is -2.36. The number of hydrogen-bond acceptors (Lipinski definition) is 6. The lowest BCUT2D eigenvalue weighted by molar-refractivity contribution is 0.151. The molecular formula is C20H23FN4O3S. The van der Waals surface area contributed by atoms with Crippen LogP contribution >= 0.6 is 0 Å². The zero-order chi connectivity index (χ0) is 20.0. The van der Waals surface area contributed by atoms with Gasteiger partial charge >= 0.3 is 0 Å². The van der Waals surface area contributed by atoms with Crippen molar-refractivity contribution in [3.63, 3.8) is 0 Å². The normalized spacial score (nSPS) is 25.7. The predicted molar refractivity (Wildman–Crippen MR) is 104 cm³/mol. The van der Waals surface area contributed by atoms with E-state index in [-0.39, 0.29) is 17.0 Å². The number of aromatic nitrogens is 2. The average molecular weight is 418 g/mol. The molecule has 1 aliphatic carbocycles. The Morgan fingerprint density at radius 1 is 1.03 bits per heavy atom. The second-order valence-corrected chi connectivity index (χ2v) is 9.93. The maximum Gasteiger partial charge on any atom is 0.243 e. The number of sulfonamides is 1. The topological polar surface area (TPSA) is 75.6 Å². The summed E-state index contributed by atoms with van der Waals surface area (Å²) < 4.78 is 46.4. The molecular weight excluding hydrogens is 395 g/mol. The van der Waals surface area contributed by atoms with Gasteiger partial charge in [0.1, 0.15) is 11.9 Å². The van der Waals surface area contributed by atoms with Crippen molar-refractivity contribution in [1.29, 1.82) is 0 Å². The van der Waals surface area contributed by atoms with E-state index in [2.05, 4.69) is 14.9 Å². The molecule has 3 fully saturated rings. The minimum atomic E-state index is -3.62. The summed E-state index contributed by atoms with van der Waals surface area (Å²) in [4.78, 5) is 11.2. The Balaban J connectivity index is 1.22. The van der Waals surface area contributed by atoms with E-state index >= 15 is 0 Å². The van der Waals surface area contributed by atoms with Crippen LogP contribution in [0, 0.1) is 5.82 Å². The largest absolute Gasteiger partial charge is 0.472 e. The van der Waals surface area contributed by atoms with E-state index in [0.29, 0.717) is 31.4 Å². The van der Waals surface area contributed by atoms with Crippen molar-refractivity contribution in [1.82, 2.24) is 19.2 Å². The van der Waals surface area contributed by atoms with Crippen molar-refractivity contribution >= 4 is 10.0 Å². The summed E-state index contributed by atoms with van der Waals surface area (Å²) in [6.07, 6.45) is 6.57. The summed E-state index contributed by atoms with van der Waals surface area (Å²) in [5.74, 6) is 0.638. The van der Waals surface area contributed by atoms with Crippen LogP contribution in [-0.2, 0) is 10.0 Å². The number of fused-ring (bicyclic) bond motifs is 1. The fourth-order valence-corrected chi connectivity index (χ4v) is 5.64. The monoisotopic (exact) mass is 418 g/mol. The molecule has 3 heterocycles. The van der Waals surface area contributed by atoms with Crippen molar-refractivity contribution in [2.75, 3.05) is 26.2 Å². The minimum absolute atomic E-state index is 0.0328. The molecule has 29 heavy (non-hydrogen) atoms. The highest BCUT2D eigenvalue weighted by Crippen LogP contribution is 2.38. The van der Waals surface area contributed by atoms with Crippen molar-refractivity contribution in [3.8, 4) is 5.88 Å². The predicted octanol–water partition coefficient (Wildman–Crippen LogP) is 2.02. The Labute approximate surface area is 169 Å². The molecule has 0 spiro atoms. The molecule has 0 amide bonds. The molecule has 0 bridgehead atoms. The number of ether oxygens (including phenoxy) is 1. The summed E-state index contributed by atoms with van der Waals surface area (Å²) in [5.41, 5.74) is 1.03. The van der Waals surface area contributed by atoms with E-state index in [1.165, 1.54) is 41.4 Å². The summed E-state index contributed by atoms with van der Waals surface area (Å²) in [6.45, 7) is 2.23. The van der Waals surface area contributed by atoms with Gasteiger partial charge in [-0.1, -0.05) is 0 Å². The molecule has 0 N–H and O–H groups in total. The van der Waals surface area contributed by atoms with Crippen molar-refractivity contribution in [2.24, 2.45) is 0 Å². The summed E-state index contributed by atoms with van der Waals surface area (Å²) >= 11 is 0. The van der Waals surface area contributed by atoms with Crippen molar-refractivity contribution in [3.05, 3.63) is 48.2 Å². The quantitative estimate of drug-likeness (QED) is 0.740. The van der Waals surface area contributed by atoms with E-state index in [0.717, 1.165) is 18.7 Å². The fraction of sp³-hybridized carbons (Fsp3) is 0.500. The van der Waals surface area contributed by atoms with Crippen LogP contribution in [0.1, 0.15) is 30.9 Å². The molecule has 154 valence electrons. The third kappa shape index (κ3) is 3.86. The molecule has 7 nitrogen and oxygen atoms in total. The number of rotatable bonds is 5. The van der Waals surface area contributed by atoms with Crippen LogP contribution in [-0.4, -0.2) is 65.9 Å². The van der Waals surface area contributed by atoms with Gasteiger partial charge in [-0.15, -0.1) is 0 Å². The Morgan fingerprint density at radius 2 is 1.83 bits per heavy atom. The molecule has 2 aliphatic heterocycles. The third-order valence-electron chi connectivity index (χ3n) is 5.92. The maximum absolute atomic E-state index is 13.1. The maximum atomic E-state index is 13.1. The van der Waals surface area contributed by atoms with Crippen LogP contribution in [0.5, 0.6) is 5.88 Å². The van der Waals surface area contributed by atoms with Gasteiger partial charge in [0.2, 0.25) is 15.9 Å². The highest BCUT2D eigenvalue weighted by Gasteiger charge is 2.41. The number of nitrogens with zero attached hydrogens (tertiary/aromatic N) is 4. The first-order chi connectivity index (χ1) is 14.0. The molecule has 1 saturated carbocycles.